The van der Waals surface area contributed by atoms with Crippen molar-refractivity contribution in [3.05, 3.63) is 46.7 Å². The minimum absolute atomic E-state index is 0.00654. The van der Waals surface area contributed by atoms with Gasteiger partial charge in [-0.05, 0) is 32.9 Å². The van der Waals surface area contributed by atoms with Crippen LogP contribution >= 0.6 is 11.6 Å². The molecule has 0 bridgehead atoms. The number of sulfonamides is 1. The van der Waals surface area contributed by atoms with Crippen LogP contribution in [0.2, 0.25) is 5.02 Å². The average molecular weight is 425 g/mol. The smallest absolute Gasteiger partial charge is 0.243 e. The maximum absolute atomic E-state index is 12.7. The molecule has 1 amide bonds. The lowest BCUT2D eigenvalue weighted by Gasteiger charge is -2.34. The topological polar surface area (TPSA) is 75.5 Å². The van der Waals surface area contributed by atoms with E-state index in [1.165, 1.54) is 4.31 Å². The molecule has 3 rings (SSSR count). The minimum atomic E-state index is -3.52. The molecule has 9 heteroatoms. The first kappa shape index (κ1) is 20.8. The molecule has 1 aliphatic heterocycles. The number of hydrogen-bond donors (Lipinski definition) is 0. The summed E-state index contributed by atoms with van der Waals surface area (Å²) in [5.41, 5.74) is 1.59. The summed E-state index contributed by atoms with van der Waals surface area (Å²) in [6.45, 7) is 7.02. The van der Waals surface area contributed by atoms with E-state index in [0.717, 1.165) is 11.4 Å². The monoisotopic (exact) mass is 424 g/mol. The van der Waals surface area contributed by atoms with E-state index in [0.29, 0.717) is 37.6 Å². The molecule has 1 aliphatic rings. The van der Waals surface area contributed by atoms with E-state index in [2.05, 4.69) is 5.10 Å². The molecule has 1 fully saturated rings. The zero-order valence-electron chi connectivity index (χ0n) is 16.3. The van der Waals surface area contributed by atoms with Crippen molar-refractivity contribution in [3.8, 4) is 0 Å². The summed E-state index contributed by atoms with van der Waals surface area (Å²) in [6.07, 6.45) is 0.295. The van der Waals surface area contributed by atoms with Crippen molar-refractivity contribution in [1.82, 2.24) is 19.0 Å². The normalized spacial score (nSPS) is 16.9. The molecule has 1 aromatic heterocycles. The molecule has 0 saturated carbocycles. The Labute approximate surface area is 170 Å². The Hall–Kier alpha value is -1.90. The largest absolute Gasteiger partial charge is 0.340 e. The van der Waals surface area contributed by atoms with E-state index < -0.39 is 10.0 Å². The van der Waals surface area contributed by atoms with Crippen LogP contribution in [0, 0.1) is 13.8 Å². The highest BCUT2D eigenvalue weighted by Crippen LogP contribution is 2.24. The zero-order chi connectivity index (χ0) is 20.5. The van der Waals surface area contributed by atoms with Crippen molar-refractivity contribution in [2.45, 2.75) is 38.1 Å². The van der Waals surface area contributed by atoms with Crippen LogP contribution in [-0.4, -0.2) is 59.5 Å². The maximum atomic E-state index is 12.7. The van der Waals surface area contributed by atoms with E-state index in [4.69, 9.17) is 11.6 Å². The highest BCUT2D eigenvalue weighted by molar-refractivity contribution is 7.89. The van der Waals surface area contributed by atoms with Crippen LogP contribution in [0.15, 0.2) is 35.2 Å². The van der Waals surface area contributed by atoms with Crippen LogP contribution in [0.3, 0.4) is 0 Å². The van der Waals surface area contributed by atoms with E-state index >= 15 is 0 Å². The molecule has 0 spiro atoms. The van der Waals surface area contributed by atoms with Gasteiger partial charge in [-0.2, -0.15) is 9.40 Å². The fraction of sp³-hybridized carbons (Fsp3) is 0.474. The number of aryl methyl sites for hydroxylation is 1. The number of carbonyl (C=O) groups excluding carboxylic acids is 1. The summed E-state index contributed by atoms with van der Waals surface area (Å²) in [5, 5.41) is 5.04. The predicted molar refractivity (Wildman–Crippen MR) is 108 cm³/mol. The molecular weight excluding hydrogens is 400 g/mol. The molecule has 0 aliphatic carbocycles. The SMILES string of the molecule is Cc1nn([C@H](C)CC(=O)N2CCN(S(=O)(=O)c3ccccc3)CC2)c(C)c1Cl. The van der Waals surface area contributed by atoms with Crippen LogP contribution in [0.5, 0.6) is 0 Å². The standard InChI is InChI=1S/C19H25ClN4O3S/c1-14(24-16(3)19(20)15(2)21-24)13-18(25)22-9-11-23(12-10-22)28(26,27)17-7-5-4-6-8-17/h4-8,14H,9-13H2,1-3H3/t14-/m1/s1. The molecule has 7 nitrogen and oxygen atoms in total. The van der Waals surface area contributed by atoms with Gasteiger partial charge >= 0.3 is 0 Å². The number of amides is 1. The number of carbonyl (C=O) groups is 1. The van der Waals surface area contributed by atoms with Crippen LogP contribution < -0.4 is 0 Å². The van der Waals surface area contributed by atoms with Crippen molar-refractivity contribution < 1.29 is 13.2 Å². The lowest BCUT2D eigenvalue weighted by atomic mass is 10.2. The highest BCUT2D eigenvalue weighted by Gasteiger charge is 2.30. The second-order valence-corrected chi connectivity index (χ2v) is 9.40. The van der Waals surface area contributed by atoms with E-state index in [9.17, 15) is 13.2 Å². The fourth-order valence-electron chi connectivity index (χ4n) is 3.46. The second kappa shape index (κ2) is 8.23. The van der Waals surface area contributed by atoms with Crippen molar-refractivity contribution >= 4 is 27.5 Å². The Morgan fingerprint density at radius 1 is 1.14 bits per heavy atom. The Balaban J connectivity index is 1.60. The molecule has 1 saturated heterocycles. The first-order valence-corrected chi connectivity index (χ1v) is 11.1. The molecule has 1 atom stereocenters. The molecule has 0 unspecified atom stereocenters. The van der Waals surface area contributed by atoms with Crippen LogP contribution in [0.25, 0.3) is 0 Å². The average Bonchev–Trinajstić information content (AvgIpc) is 2.96. The molecule has 0 N–H and O–H groups in total. The number of benzene rings is 1. The van der Waals surface area contributed by atoms with Gasteiger partial charge in [0, 0.05) is 32.6 Å². The van der Waals surface area contributed by atoms with Crippen LogP contribution in [0.4, 0.5) is 0 Å². The van der Waals surface area contributed by atoms with Crippen LogP contribution in [0.1, 0.15) is 30.8 Å². The summed E-state index contributed by atoms with van der Waals surface area (Å²) < 4.78 is 28.6. The first-order chi connectivity index (χ1) is 13.2. The second-order valence-electron chi connectivity index (χ2n) is 7.08. The van der Waals surface area contributed by atoms with Gasteiger partial charge in [0.1, 0.15) is 0 Å². The molecule has 2 heterocycles. The van der Waals surface area contributed by atoms with Gasteiger partial charge in [-0.15, -0.1) is 0 Å². The number of hydrogen-bond acceptors (Lipinski definition) is 4. The van der Waals surface area contributed by atoms with Gasteiger partial charge in [0.25, 0.3) is 0 Å². The van der Waals surface area contributed by atoms with Crippen molar-refractivity contribution in [2.24, 2.45) is 0 Å². The van der Waals surface area contributed by atoms with Gasteiger partial charge in [-0.3, -0.25) is 9.48 Å². The minimum Gasteiger partial charge on any atom is -0.340 e. The van der Waals surface area contributed by atoms with Crippen molar-refractivity contribution in [1.29, 1.82) is 0 Å². The van der Waals surface area contributed by atoms with Crippen molar-refractivity contribution in [2.75, 3.05) is 26.2 Å². The number of piperazine rings is 1. The molecule has 152 valence electrons. The Kier molecular flexibility index (Phi) is 6.12. The van der Waals surface area contributed by atoms with Gasteiger partial charge in [-0.25, -0.2) is 8.42 Å². The summed E-state index contributed by atoms with van der Waals surface area (Å²) in [5.74, 6) is -0.00654. The lowest BCUT2D eigenvalue weighted by molar-refractivity contribution is -0.133. The Bertz CT molecular complexity index is 951. The van der Waals surface area contributed by atoms with Crippen molar-refractivity contribution in [3.63, 3.8) is 0 Å². The fourth-order valence-corrected chi connectivity index (χ4v) is 5.03. The summed E-state index contributed by atoms with van der Waals surface area (Å²) in [7, 11) is -3.52. The third kappa shape index (κ3) is 4.09. The third-order valence-corrected chi connectivity index (χ3v) is 7.56. The van der Waals surface area contributed by atoms with Gasteiger partial charge < -0.3 is 4.90 Å². The number of aromatic nitrogens is 2. The number of halogens is 1. The number of rotatable bonds is 5. The molecule has 28 heavy (non-hydrogen) atoms. The quantitative estimate of drug-likeness (QED) is 0.739. The third-order valence-electron chi connectivity index (χ3n) is 5.10. The summed E-state index contributed by atoms with van der Waals surface area (Å²) >= 11 is 6.20. The van der Waals surface area contributed by atoms with Gasteiger partial charge in [-0.1, -0.05) is 29.8 Å². The highest BCUT2D eigenvalue weighted by atomic mass is 35.5. The zero-order valence-corrected chi connectivity index (χ0v) is 17.9. The molecule has 0 radical (unpaired) electrons. The number of nitrogens with zero attached hydrogens (tertiary/aromatic N) is 4. The van der Waals surface area contributed by atoms with Gasteiger partial charge in [0.05, 0.1) is 27.3 Å². The first-order valence-electron chi connectivity index (χ1n) is 9.26. The van der Waals surface area contributed by atoms with Crippen LogP contribution in [-0.2, 0) is 14.8 Å². The van der Waals surface area contributed by atoms with E-state index in [-0.39, 0.29) is 16.8 Å². The van der Waals surface area contributed by atoms with E-state index in [1.54, 1.807) is 39.9 Å². The summed E-state index contributed by atoms with van der Waals surface area (Å²) in [6, 6.07) is 8.26. The van der Waals surface area contributed by atoms with E-state index in [1.807, 2.05) is 20.8 Å². The van der Waals surface area contributed by atoms with Gasteiger partial charge in [0.15, 0.2) is 0 Å². The molecule has 1 aromatic carbocycles. The molecular formula is C19H25ClN4O3S. The van der Waals surface area contributed by atoms with Gasteiger partial charge in [0.2, 0.25) is 15.9 Å². The Morgan fingerprint density at radius 2 is 1.75 bits per heavy atom. The maximum Gasteiger partial charge on any atom is 0.243 e. The predicted octanol–water partition coefficient (Wildman–Crippen LogP) is 2.64. The molecule has 2 aromatic rings. The lowest BCUT2D eigenvalue weighted by Crippen LogP contribution is -2.50. The summed E-state index contributed by atoms with van der Waals surface area (Å²) in [4.78, 5) is 14.7. The Morgan fingerprint density at radius 3 is 2.29 bits per heavy atom.